The van der Waals surface area contributed by atoms with Crippen molar-refractivity contribution in [3.8, 4) is 5.75 Å². The third kappa shape index (κ3) is 5.71. The first kappa shape index (κ1) is 23.2. The molecule has 2 N–H and O–H groups in total. The number of fused-ring (bicyclic) bond motifs is 3. The van der Waals surface area contributed by atoms with Gasteiger partial charge in [-0.05, 0) is 36.2 Å². The summed E-state index contributed by atoms with van der Waals surface area (Å²) in [5.41, 5.74) is 3.30. The van der Waals surface area contributed by atoms with E-state index in [0.717, 1.165) is 16.6 Å². The van der Waals surface area contributed by atoms with Crippen molar-refractivity contribution < 1.29 is 19.3 Å². The van der Waals surface area contributed by atoms with E-state index in [9.17, 15) is 14.6 Å². The summed E-state index contributed by atoms with van der Waals surface area (Å²) in [4.78, 5) is 2.16. The van der Waals surface area contributed by atoms with E-state index in [1.807, 2.05) is 48.5 Å². The Morgan fingerprint density at radius 1 is 0.909 bits per heavy atom. The summed E-state index contributed by atoms with van der Waals surface area (Å²) >= 11 is 0. The number of rotatable bonds is 12. The Balaban J connectivity index is 1.48. The van der Waals surface area contributed by atoms with E-state index >= 15 is 0 Å². The van der Waals surface area contributed by atoms with E-state index in [4.69, 9.17) is 4.74 Å². The molecule has 4 aromatic rings. The second kappa shape index (κ2) is 11.3. The lowest BCUT2D eigenvalue weighted by Crippen LogP contribution is -2.35. The fourth-order valence-electron chi connectivity index (χ4n) is 4.40. The van der Waals surface area contributed by atoms with E-state index < -0.39 is 12.8 Å². The number of para-hydroxylation sites is 2. The Kier molecular flexibility index (Phi) is 7.94. The van der Waals surface area contributed by atoms with Crippen LogP contribution >= 0.6 is 0 Å². The van der Waals surface area contributed by atoms with Crippen LogP contribution in [0, 0.1) is 0 Å². The topological polar surface area (TPSA) is 57.9 Å². The Morgan fingerprint density at radius 3 is 2.15 bits per heavy atom. The standard InChI is InChI=1S/C27H31FN2O3/c28-14-17-33-23-12-10-21(11-13-23)18-29(15-5-16-31)19-22(32)20-30-26-8-3-1-6-24(26)25-7-2-4-9-27(25)30/h1-4,6-13,22,31-32H,5,14-20H2. The van der Waals surface area contributed by atoms with Crippen LogP contribution < -0.4 is 4.74 Å². The van der Waals surface area contributed by atoms with Crippen molar-refractivity contribution in [3.63, 3.8) is 0 Å². The molecule has 0 spiro atoms. The van der Waals surface area contributed by atoms with Crippen LogP contribution in [0.4, 0.5) is 4.39 Å². The summed E-state index contributed by atoms with van der Waals surface area (Å²) in [7, 11) is 0. The molecule has 0 saturated heterocycles. The van der Waals surface area contributed by atoms with E-state index in [1.54, 1.807) is 0 Å². The number of hydrogen-bond acceptors (Lipinski definition) is 4. The molecule has 1 aromatic heterocycles. The molecule has 0 radical (unpaired) electrons. The molecule has 174 valence electrons. The van der Waals surface area contributed by atoms with E-state index in [2.05, 4.69) is 33.7 Å². The van der Waals surface area contributed by atoms with Crippen molar-refractivity contribution >= 4 is 21.8 Å². The number of nitrogens with zero attached hydrogens (tertiary/aromatic N) is 2. The van der Waals surface area contributed by atoms with Crippen LogP contribution in [0.15, 0.2) is 72.8 Å². The summed E-state index contributed by atoms with van der Waals surface area (Å²) in [6, 6.07) is 24.2. The monoisotopic (exact) mass is 450 g/mol. The molecule has 0 bridgehead atoms. The van der Waals surface area contributed by atoms with E-state index in [-0.39, 0.29) is 13.2 Å². The third-order valence-corrected chi connectivity index (χ3v) is 5.85. The van der Waals surface area contributed by atoms with Gasteiger partial charge in [-0.1, -0.05) is 48.5 Å². The van der Waals surface area contributed by atoms with Gasteiger partial charge in [-0.25, -0.2) is 4.39 Å². The number of aromatic nitrogens is 1. The lowest BCUT2D eigenvalue weighted by atomic mass is 10.2. The maximum atomic E-state index is 12.3. The highest BCUT2D eigenvalue weighted by molar-refractivity contribution is 6.07. The highest BCUT2D eigenvalue weighted by Gasteiger charge is 2.16. The molecule has 6 heteroatoms. The minimum absolute atomic E-state index is 0.0525. The normalized spacial score (nSPS) is 12.6. The molecule has 4 rings (SSSR count). The molecule has 0 amide bonds. The van der Waals surface area contributed by atoms with Crippen LogP contribution in [-0.2, 0) is 13.1 Å². The summed E-state index contributed by atoms with van der Waals surface area (Å²) in [6.45, 7) is 1.95. The van der Waals surface area contributed by atoms with Crippen molar-refractivity contribution in [1.82, 2.24) is 9.47 Å². The summed E-state index contributed by atoms with van der Waals surface area (Å²) in [5.74, 6) is 0.643. The Labute approximate surface area is 193 Å². The molecule has 1 atom stereocenters. The number of aliphatic hydroxyl groups is 2. The molecular weight excluding hydrogens is 419 g/mol. The molecule has 0 aliphatic carbocycles. The van der Waals surface area contributed by atoms with Crippen molar-refractivity contribution in [2.75, 3.05) is 33.0 Å². The fourth-order valence-corrected chi connectivity index (χ4v) is 4.40. The van der Waals surface area contributed by atoms with E-state index in [0.29, 0.717) is 38.3 Å². The smallest absolute Gasteiger partial charge is 0.123 e. The van der Waals surface area contributed by atoms with Gasteiger partial charge in [0.1, 0.15) is 19.0 Å². The average molecular weight is 451 g/mol. The molecule has 1 heterocycles. The van der Waals surface area contributed by atoms with Crippen LogP contribution in [0.25, 0.3) is 21.8 Å². The third-order valence-electron chi connectivity index (χ3n) is 5.85. The van der Waals surface area contributed by atoms with Crippen molar-refractivity contribution in [1.29, 1.82) is 0 Å². The lowest BCUT2D eigenvalue weighted by molar-refractivity contribution is 0.0921. The molecule has 0 saturated carbocycles. The molecule has 0 aliphatic rings. The predicted octanol–water partition coefficient (Wildman–Crippen LogP) is 4.39. The number of benzene rings is 3. The van der Waals surface area contributed by atoms with Crippen molar-refractivity contribution in [3.05, 3.63) is 78.4 Å². The van der Waals surface area contributed by atoms with E-state index in [1.165, 1.54) is 10.8 Å². The minimum Gasteiger partial charge on any atom is -0.491 e. The first-order valence-electron chi connectivity index (χ1n) is 11.4. The van der Waals surface area contributed by atoms with Gasteiger partial charge in [0.2, 0.25) is 0 Å². The maximum absolute atomic E-state index is 12.3. The zero-order valence-corrected chi connectivity index (χ0v) is 18.7. The fraction of sp³-hybridized carbons (Fsp3) is 0.333. The van der Waals surface area contributed by atoms with Gasteiger partial charge >= 0.3 is 0 Å². The van der Waals surface area contributed by atoms with Crippen LogP contribution in [0.5, 0.6) is 5.75 Å². The SMILES string of the molecule is OCCCN(Cc1ccc(OCCF)cc1)CC(O)Cn1c2ccccc2c2ccccc21. The number of halogens is 1. The zero-order valence-electron chi connectivity index (χ0n) is 18.7. The van der Waals surface area contributed by atoms with Gasteiger partial charge in [0.25, 0.3) is 0 Å². The van der Waals surface area contributed by atoms with Gasteiger partial charge in [0.15, 0.2) is 0 Å². The quantitative estimate of drug-likeness (QED) is 0.336. The highest BCUT2D eigenvalue weighted by atomic mass is 19.1. The van der Waals surface area contributed by atoms with Gasteiger partial charge < -0.3 is 19.5 Å². The zero-order chi connectivity index (χ0) is 23.0. The first-order valence-corrected chi connectivity index (χ1v) is 11.4. The number of alkyl halides is 1. The number of hydrogen-bond donors (Lipinski definition) is 2. The predicted molar refractivity (Wildman–Crippen MR) is 130 cm³/mol. The average Bonchev–Trinajstić information content (AvgIpc) is 3.16. The molecule has 5 nitrogen and oxygen atoms in total. The number of ether oxygens (including phenoxy) is 1. The maximum Gasteiger partial charge on any atom is 0.123 e. The van der Waals surface area contributed by atoms with Gasteiger partial charge in [-0.15, -0.1) is 0 Å². The van der Waals surface area contributed by atoms with Gasteiger partial charge in [0.05, 0.1) is 12.6 Å². The van der Waals surface area contributed by atoms with Crippen molar-refractivity contribution in [2.24, 2.45) is 0 Å². The Morgan fingerprint density at radius 2 is 1.55 bits per heavy atom. The minimum atomic E-state index is -0.574. The summed E-state index contributed by atoms with van der Waals surface area (Å²) in [5, 5.41) is 22.8. The molecule has 1 unspecified atom stereocenters. The Bertz CT molecular complexity index is 1110. The second-order valence-corrected chi connectivity index (χ2v) is 8.29. The van der Waals surface area contributed by atoms with Gasteiger partial charge in [-0.2, -0.15) is 0 Å². The highest BCUT2D eigenvalue weighted by Crippen LogP contribution is 2.29. The number of aliphatic hydroxyl groups excluding tert-OH is 2. The molecule has 33 heavy (non-hydrogen) atoms. The summed E-state index contributed by atoms with van der Waals surface area (Å²) < 4.78 is 19.8. The lowest BCUT2D eigenvalue weighted by Gasteiger charge is -2.26. The Hall–Kier alpha value is -2.93. The van der Waals surface area contributed by atoms with Crippen LogP contribution in [0.1, 0.15) is 12.0 Å². The summed E-state index contributed by atoms with van der Waals surface area (Å²) in [6.07, 6.45) is 0.0647. The largest absolute Gasteiger partial charge is 0.491 e. The van der Waals surface area contributed by atoms with Gasteiger partial charge in [0, 0.05) is 48.0 Å². The first-order chi connectivity index (χ1) is 16.2. The molecular formula is C27H31FN2O3. The molecule has 0 fully saturated rings. The van der Waals surface area contributed by atoms with Gasteiger partial charge in [-0.3, -0.25) is 4.90 Å². The van der Waals surface area contributed by atoms with Crippen molar-refractivity contribution in [2.45, 2.75) is 25.6 Å². The van der Waals surface area contributed by atoms with Crippen LogP contribution in [0.2, 0.25) is 0 Å². The van der Waals surface area contributed by atoms with Crippen LogP contribution in [-0.4, -0.2) is 58.8 Å². The van der Waals surface area contributed by atoms with Crippen LogP contribution in [0.3, 0.4) is 0 Å². The molecule has 3 aromatic carbocycles. The second-order valence-electron chi connectivity index (χ2n) is 8.29. The molecule has 0 aliphatic heterocycles.